The molecule has 0 aliphatic carbocycles. The maximum atomic E-state index is 14.5. The van der Waals surface area contributed by atoms with Gasteiger partial charge in [-0.05, 0) is 49.0 Å². The minimum absolute atomic E-state index is 0.0188. The summed E-state index contributed by atoms with van der Waals surface area (Å²) >= 11 is 6.46. The largest absolute Gasteiger partial charge is 0.432 e. The van der Waals surface area contributed by atoms with Crippen LogP contribution in [0.2, 0.25) is 23.7 Å². The third-order valence-corrected chi connectivity index (χ3v) is 10.9. The van der Waals surface area contributed by atoms with Crippen LogP contribution in [-0.4, -0.2) is 54.2 Å². The number of carbonyl (C=O) groups excluding carboxylic acids is 2. The van der Waals surface area contributed by atoms with Crippen LogP contribution in [0.5, 0.6) is 0 Å². The van der Waals surface area contributed by atoms with Crippen molar-refractivity contribution in [3.8, 4) is 0 Å². The van der Waals surface area contributed by atoms with Crippen molar-refractivity contribution in [2.24, 2.45) is 5.92 Å². The first-order chi connectivity index (χ1) is 19.1. The highest BCUT2D eigenvalue weighted by Crippen LogP contribution is 2.61. The Hall–Kier alpha value is -3.01. The van der Waals surface area contributed by atoms with Gasteiger partial charge in [0.05, 0.1) is 24.8 Å². The predicted molar refractivity (Wildman–Crippen MR) is 158 cm³/mol. The van der Waals surface area contributed by atoms with E-state index < -0.39 is 31.5 Å². The molecule has 1 saturated heterocycles. The quantitative estimate of drug-likeness (QED) is 0.357. The second kappa shape index (κ2) is 11.1. The highest BCUT2D eigenvalue weighted by Gasteiger charge is 2.66. The molecule has 2 amide bonds. The number of amides is 2. The lowest BCUT2D eigenvalue weighted by atomic mass is 9.82. The van der Waals surface area contributed by atoms with Gasteiger partial charge in [-0.1, -0.05) is 67.1 Å². The van der Waals surface area contributed by atoms with Crippen LogP contribution < -0.4 is 4.90 Å². The SMILES string of the molecule is C[C@H]1[C@H]([Si](C)(C)O)[C@@H](CC(=O)N(CCO)Cc2ccccc2)O[C@]12C(=O)N(c1ccccc1)c1ccc(Cl)cc12. The third kappa shape index (κ3) is 4.99. The Morgan fingerprint density at radius 1 is 1.07 bits per heavy atom. The Kier molecular flexibility index (Phi) is 7.91. The zero-order valence-corrected chi connectivity index (χ0v) is 24.7. The van der Waals surface area contributed by atoms with Crippen molar-refractivity contribution in [3.05, 3.63) is 95.0 Å². The molecule has 2 aliphatic rings. The summed E-state index contributed by atoms with van der Waals surface area (Å²) in [6.45, 7) is 5.94. The van der Waals surface area contributed by atoms with E-state index in [0.29, 0.717) is 28.5 Å². The zero-order chi connectivity index (χ0) is 28.7. The van der Waals surface area contributed by atoms with Crippen LogP contribution in [-0.2, 0) is 26.5 Å². The molecule has 3 aromatic rings. The number of rotatable bonds is 8. The summed E-state index contributed by atoms with van der Waals surface area (Å²) in [4.78, 5) is 42.9. The molecule has 0 aromatic heterocycles. The van der Waals surface area contributed by atoms with Crippen LogP contribution in [0, 0.1) is 5.92 Å². The number of aliphatic hydroxyl groups is 1. The van der Waals surface area contributed by atoms with Gasteiger partial charge in [-0.15, -0.1) is 0 Å². The first kappa shape index (κ1) is 28.5. The van der Waals surface area contributed by atoms with Gasteiger partial charge in [0.25, 0.3) is 5.91 Å². The lowest BCUT2D eigenvalue weighted by Crippen LogP contribution is -2.45. The molecule has 2 N–H and O–H groups in total. The van der Waals surface area contributed by atoms with E-state index in [1.54, 1.807) is 21.9 Å². The van der Waals surface area contributed by atoms with Crippen molar-refractivity contribution >= 4 is 43.1 Å². The number of aliphatic hydroxyl groups excluding tert-OH is 1. The molecule has 0 bridgehead atoms. The van der Waals surface area contributed by atoms with E-state index in [1.807, 2.05) is 86.7 Å². The Labute approximate surface area is 241 Å². The van der Waals surface area contributed by atoms with E-state index >= 15 is 0 Å². The topological polar surface area (TPSA) is 90.3 Å². The van der Waals surface area contributed by atoms with E-state index in [1.165, 1.54) is 0 Å². The normalized spacial score (nSPS) is 24.0. The van der Waals surface area contributed by atoms with Crippen molar-refractivity contribution in [1.29, 1.82) is 0 Å². The number of anilines is 2. The van der Waals surface area contributed by atoms with Gasteiger partial charge in [-0.3, -0.25) is 14.5 Å². The maximum absolute atomic E-state index is 14.5. The fraction of sp³-hybridized carbons (Fsp3) is 0.355. The van der Waals surface area contributed by atoms with Crippen molar-refractivity contribution < 1.29 is 24.2 Å². The van der Waals surface area contributed by atoms with Crippen molar-refractivity contribution in [2.75, 3.05) is 18.1 Å². The van der Waals surface area contributed by atoms with Crippen LogP contribution >= 0.6 is 11.6 Å². The number of ether oxygens (including phenoxy) is 1. The molecule has 7 nitrogen and oxygen atoms in total. The summed E-state index contributed by atoms with van der Waals surface area (Å²) in [5, 5.41) is 10.2. The summed E-state index contributed by atoms with van der Waals surface area (Å²) in [6.07, 6.45) is -0.715. The summed E-state index contributed by atoms with van der Waals surface area (Å²) in [6, 6.07) is 24.3. The van der Waals surface area contributed by atoms with Crippen LogP contribution in [0.3, 0.4) is 0 Å². The number of hydrogen-bond acceptors (Lipinski definition) is 5. The number of carbonyl (C=O) groups is 2. The molecule has 1 fully saturated rings. The first-order valence-electron chi connectivity index (χ1n) is 13.6. The number of halogens is 1. The molecule has 4 atom stereocenters. The standard InChI is InChI=1S/C31H35ClN2O5Si/c1-21-29(40(2,3)38)27(19-28(36)33(16-17-35)20-22-10-6-4-7-11-22)39-31(21)25-18-23(32)14-15-26(25)34(30(31)37)24-12-8-5-9-13-24/h4-15,18,21,27,29,35,38H,16-17,19-20H2,1-3H3/t21-,27+,29-,31+/m0/s1. The predicted octanol–water partition coefficient (Wildman–Crippen LogP) is 5.23. The summed E-state index contributed by atoms with van der Waals surface area (Å²) in [5.74, 6) is -0.874. The van der Waals surface area contributed by atoms with Gasteiger partial charge < -0.3 is 19.5 Å². The molecule has 5 rings (SSSR count). The van der Waals surface area contributed by atoms with E-state index in [9.17, 15) is 19.5 Å². The Morgan fingerprint density at radius 2 is 1.73 bits per heavy atom. The zero-order valence-electron chi connectivity index (χ0n) is 23.0. The third-order valence-electron chi connectivity index (χ3n) is 8.18. The van der Waals surface area contributed by atoms with Gasteiger partial charge in [0.2, 0.25) is 5.91 Å². The molecule has 9 heteroatoms. The smallest absolute Gasteiger partial charge is 0.268 e. The van der Waals surface area contributed by atoms with Crippen molar-refractivity contribution in [3.63, 3.8) is 0 Å². The fourth-order valence-electron chi connectivity index (χ4n) is 6.53. The van der Waals surface area contributed by atoms with E-state index in [0.717, 1.165) is 5.56 Å². The van der Waals surface area contributed by atoms with Crippen molar-refractivity contribution in [2.45, 2.75) is 50.2 Å². The monoisotopic (exact) mass is 578 g/mol. The first-order valence-corrected chi connectivity index (χ1v) is 17.0. The molecule has 3 aromatic carbocycles. The molecular weight excluding hydrogens is 544 g/mol. The molecule has 1 spiro atoms. The highest BCUT2D eigenvalue weighted by molar-refractivity contribution is 6.71. The molecule has 0 unspecified atom stereocenters. The number of nitrogens with zero attached hydrogens (tertiary/aromatic N) is 2. The Balaban J connectivity index is 1.53. The second-order valence-corrected chi connectivity index (χ2v) is 15.6. The molecular formula is C31H35ClN2O5Si. The Morgan fingerprint density at radius 3 is 2.35 bits per heavy atom. The summed E-state index contributed by atoms with van der Waals surface area (Å²) < 4.78 is 6.77. The van der Waals surface area contributed by atoms with Gasteiger partial charge in [0.1, 0.15) is 0 Å². The number of hydrogen-bond donors (Lipinski definition) is 2. The maximum Gasteiger partial charge on any atom is 0.268 e. The van der Waals surface area contributed by atoms with E-state index in [4.69, 9.17) is 16.3 Å². The second-order valence-electron chi connectivity index (χ2n) is 11.2. The lowest BCUT2D eigenvalue weighted by Gasteiger charge is -2.32. The molecule has 2 heterocycles. The lowest BCUT2D eigenvalue weighted by molar-refractivity contribution is -0.149. The van der Waals surface area contributed by atoms with Crippen LogP contribution in [0.25, 0.3) is 0 Å². The Bertz CT molecular complexity index is 1380. The number of para-hydroxylation sites is 1. The summed E-state index contributed by atoms with van der Waals surface area (Å²) in [5.41, 5.74) is 1.17. The molecule has 210 valence electrons. The summed E-state index contributed by atoms with van der Waals surface area (Å²) in [7, 11) is -2.95. The van der Waals surface area contributed by atoms with Gasteiger partial charge in [0.15, 0.2) is 13.9 Å². The van der Waals surface area contributed by atoms with Crippen LogP contribution in [0.4, 0.5) is 11.4 Å². The molecule has 0 radical (unpaired) electrons. The van der Waals surface area contributed by atoms with Crippen LogP contribution in [0.1, 0.15) is 24.5 Å². The van der Waals surface area contributed by atoms with E-state index in [-0.39, 0.29) is 31.4 Å². The van der Waals surface area contributed by atoms with Gasteiger partial charge in [-0.25, -0.2) is 0 Å². The fourth-order valence-corrected chi connectivity index (χ4v) is 9.25. The average molecular weight is 579 g/mol. The number of benzene rings is 3. The number of fused-ring (bicyclic) bond motifs is 2. The average Bonchev–Trinajstić information content (AvgIpc) is 3.35. The van der Waals surface area contributed by atoms with Crippen LogP contribution in [0.15, 0.2) is 78.9 Å². The minimum atomic E-state index is -2.95. The van der Waals surface area contributed by atoms with E-state index in [2.05, 4.69) is 0 Å². The van der Waals surface area contributed by atoms with Gasteiger partial charge >= 0.3 is 0 Å². The van der Waals surface area contributed by atoms with Crippen molar-refractivity contribution in [1.82, 2.24) is 4.90 Å². The van der Waals surface area contributed by atoms with Gasteiger partial charge in [-0.2, -0.15) is 0 Å². The highest BCUT2D eigenvalue weighted by atomic mass is 35.5. The molecule has 40 heavy (non-hydrogen) atoms. The molecule has 0 saturated carbocycles. The minimum Gasteiger partial charge on any atom is -0.432 e. The van der Waals surface area contributed by atoms with Gasteiger partial charge in [0, 0.05) is 40.8 Å². The molecule has 2 aliphatic heterocycles.